The molecule has 166 valence electrons. The van der Waals surface area contributed by atoms with E-state index in [-0.39, 0.29) is 0 Å². The molecule has 0 amide bonds. The van der Waals surface area contributed by atoms with E-state index in [4.69, 9.17) is 16.8 Å². The first-order chi connectivity index (χ1) is 13.1. The van der Waals surface area contributed by atoms with Crippen molar-refractivity contribution >= 4 is 47.3 Å². The lowest BCUT2D eigenvalue weighted by atomic mass is 10.4. The lowest BCUT2D eigenvalue weighted by Gasteiger charge is -2.39. The fourth-order valence-corrected chi connectivity index (χ4v) is 26.5. The Morgan fingerprint density at radius 3 is 1.69 bits per heavy atom. The largest absolute Gasteiger partial charge is 0.437 e. The van der Waals surface area contributed by atoms with E-state index in [1.165, 1.54) is 5.19 Å². The van der Waals surface area contributed by atoms with Gasteiger partial charge in [0.25, 0.3) is 0 Å². The van der Waals surface area contributed by atoms with Gasteiger partial charge in [0.2, 0.25) is 0 Å². The van der Waals surface area contributed by atoms with E-state index in [1.807, 2.05) is 11.8 Å². The molecule has 0 spiro atoms. The molecule has 29 heavy (non-hydrogen) atoms. The first-order valence-corrected chi connectivity index (χ1v) is 24.8. The second-order valence-corrected chi connectivity index (χ2v) is 29.8. The Bertz CT molecular complexity index is 664. The highest BCUT2D eigenvalue weighted by molar-refractivity contribution is 6.91. The van der Waals surface area contributed by atoms with E-state index < -0.39 is 42.1 Å². The van der Waals surface area contributed by atoms with Gasteiger partial charge < -0.3 is 16.8 Å². The summed E-state index contributed by atoms with van der Waals surface area (Å²) in [6.07, 6.45) is 0. The Hall–Kier alpha value is -0.116. The van der Waals surface area contributed by atoms with Crippen molar-refractivity contribution in [1.82, 2.24) is 0 Å². The molecule has 1 unspecified atom stereocenters. The van der Waals surface area contributed by atoms with E-state index in [9.17, 15) is 0 Å². The summed E-state index contributed by atoms with van der Waals surface area (Å²) in [5.41, 5.74) is 1.99. The van der Waals surface area contributed by atoms with Crippen LogP contribution in [-0.2, 0) is 16.8 Å². The summed E-state index contributed by atoms with van der Waals surface area (Å²) in [4.78, 5) is 0. The third-order valence-corrected chi connectivity index (χ3v) is 23.6. The van der Waals surface area contributed by atoms with Crippen LogP contribution >= 0.6 is 0 Å². The molecule has 1 aromatic carbocycles. The minimum absolute atomic E-state index is 1.07. The zero-order valence-corrected chi connectivity index (χ0v) is 25.2. The lowest BCUT2D eigenvalue weighted by molar-refractivity contribution is 0.317. The minimum Gasteiger partial charge on any atom is -0.437 e. The lowest BCUT2D eigenvalue weighted by Crippen LogP contribution is -2.57. The highest BCUT2D eigenvalue weighted by Gasteiger charge is 2.43. The van der Waals surface area contributed by atoms with Crippen molar-refractivity contribution in [3.63, 3.8) is 0 Å². The van der Waals surface area contributed by atoms with Crippen molar-refractivity contribution in [2.75, 3.05) is 7.11 Å². The van der Waals surface area contributed by atoms with Gasteiger partial charge in [-0.15, -0.1) is 6.58 Å². The van der Waals surface area contributed by atoms with E-state index in [0.29, 0.717) is 0 Å². The van der Waals surface area contributed by atoms with Crippen molar-refractivity contribution in [3.8, 4) is 0 Å². The van der Waals surface area contributed by atoms with Crippen LogP contribution < -0.4 is 5.19 Å². The Kier molecular flexibility index (Phi) is 9.29. The SMILES string of the molecule is C=C[Si](C)(C)O[Si](C)(C)O[Si](C)(C)CC[Si](C)(C)O[Si](C)(OC)c1ccccc1. The summed E-state index contributed by atoms with van der Waals surface area (Å²) in [6, 6.07) is 12.5. The summed E-state index contributed by atoms with van der Waals surface area (Å²) in [5.74, 6) is 0. The number of hydrogen-bond acceptors (Lipinski definition) is 4. The molecule has 0 N–H and O–H groups in total. The molecule has 0 saturated carbocycles. The van der Waals surface area contributed by atoms with E-state index in [2.05, 4.69) is 89.8 Å². The topological polar surface area (TPSA) is 36.9 Å². The molecule has 0 saturated heterocycles. The van der Waals surface area contributed by atoms with Crippen molar-refractivity contribution in [1.29, 1.82) is 0 Å². The molecule has 0 aliphatic rings. The highest BCUT2D eigenvalue weighted by Crippen LogP contribution is 2.28. The fourth-order valence-electron chi connectivity index (χ4n) is 3.55. The quantitative estimate of drug-likeness (QED) is 0.355. The molecule has 0 aromatic heterocycles. The zero-order valence-electron chi connectivity index (χ0n) is 20.2. The monoisotopic (exact) mass is 486 g/mol. The predicted octanol–water partition coefficient (Wildman–Crippen LogP) is 5.70. The van der Waals surface area contributed by atoms with Crippen molar-refractivity contribution in [2.45, 2.75) is 71.0 Å². The number of rotatable bonds is 12. The number of benzene rings is 1. The van der Waals surface area contributed by atoms with Crippen LogP contribution in [0.2, 0.25) is 71.0 Å². The van der Waals surface area contributed by atoms with Crippen LogP contribution in [-0.4, -0.2) is 49.2 Å². The average molecular weight is 487 g/mol. The van der Waals surface area contributed by atoms with Crippen LogP contribution in [0.1, 0.15) is 0 Å². The van der Waals surface area contributed by atoms with Crippen LogP contribution in [0.3, 0.4) is 0 Å². The zero-order chi connectivity index (χ0) is 22.6. The fraction of sp³-hybridized carbons (Fsp3) is 0.600. The van der Waals surface area contributed by atoms with Gasteiger partial charge in [-0.2, -0.15) is 0 Å². The van der Waals surface area contributed by atoms with Gasteiger partial charge in [0.1, 0.15) is 0 Å². The van der Waals surface area contributed by atoms with Crippen LogP contribution in [0.15, 0.2) is 42.6 Å². The normalized spacial score (nSPS) is 15.8. The molecule has 1 atom stereocenters. The maximum Gasteiger partial charge on any atom is 0.358 e. The van der Waals surface area contributed by atoms with E-state index in [1.54, 1.807) is 7.11 Å². The maximum absolute atomic E-state index is 6.78. The third-order valence-electron chi connectivity index (χ3n) is 5.01. The van der Waals surface area contributed by atoms with Crippen molar-refractivity contribution < 1.29 is 16.8 Å². The van der Waals surface area contributed by atoms with Crippen LogP contribution in [0.4, 0.5) is 0 Å². The molecule has 0 heterocycles. The van der Waals surface area contributed by atoms with Gasteiger partial charge in [0, 0.05) is 7.11 Å². The standard InChI is InChI=1S/C20H42O4Si5/c1-12-25(3,4)22-28(9,10)23-26(5,6)18-19-27(7,8)24-29(11,21-2)20-16-14-13-15-17-20/h12-17H,1,18-19H2,2-11H3. The molecular weight excluding hydrogens is 445 g/mol. The van der Waals surface area contributed by atoms with Gasteiger partial charge in [-0.1, -0.05) is 36.0 Å². The molecule has 1 rings (SSSR count). The Morgan fingerprint density at radius 1 is 0.759 bits per heavy atom. The average Bonchev–Trinajstić information content (AvgIpc) is 2.59. The summed E-state index contributed by atoms with van der Waals surface area (Å²) in [5, 5.41) is 1.19. The highest BCUT2D eigenvalue weighted by atomic mass is 28.5. The molecule has 0 aliphatic carbocycles. The van der Waals surface area contributed by atoms with Gasteiger partial charge in [-0.25, -0.2) is 0 Å². The van der Waals surface area contributed by atoms with Gasteiger partial charge in [0.15, 0.2) is 25.0 Å². The minimum atomic E-state index is -2.40. The van der Waals surface area contributed by atoms with Gasteiger partial charge in [-0.3, -0.25) is 0 Å². The second kappa shape index (κ2) is 10.0. The van der Waals surface area contributed by atoms with Crippen LogP contribution in [0, 0.1) is 0 Å². The molecule has 4 nitrogen and oxygen atoms in total. The summed E-state index contributed by atoms with van der Waals surface area (Å²) < 4.78 is 25.9. The van der Waals surface area contributed by atoms with E-state index >= 15 is 0 Å². The molecular formula is C20H42O4Si5. The molecule has 9 heteroatoms. The molecule has 1 aromatic rings. The summed E-state index contributed by atoms with van der Waals surface area (Å²) in [6.45, 7) is 24.0. The van der Waals surface area contributed by atoms with Crippen molar-refractivity contribution in [3.05, 3.63) is 42.6 Å². The Labute approximate surface area is 184 Å². The van der Waals surface area contributed by atoms with Crippen LogP contribution in [0.5, 0.6) is 0 Å². The van der Waals surface area contributed by atoms with Gasteiger partial charge in [-0.05, 0) is 76.2 Å². The first kappa shape index (κ1) is 26.9. The van der Waals surface area contributed by atoms with Gasteiger partial charge in [0.05, 0.1) is 0 Å². The first-order valence-electron chi connectivity index (χ1n) is 10.4. The van der Waals surface area contributed by atoms with Gasteiger partial charge >= 0.3 is 17.1 Å². The third kappa shape index (κ3) is 9.27. The Morgan fingerprint density at radius 2 is 1.24 bits per heavy atom. The maximum atomic E-state index is 6.78. The Balaban J connectivity index is 2.79. The molecule has 0 bridgehead atoms. The smallest absolute Gasteiger partial charge is 0.358 e. The van der Waals surface area contributed by atoms with Crippen molar-refractivity contribution in [2.24, 2.45) is 0 Å². The molecule has 0 fully saturated rings. The van der Waals surface area contributed by atoms with E-state index in [0.717, 1.165) is 12.1 Å². The molecule has 0 radical (unpaired) electrons. The predicted molar refractivity (Wildman–Crippen MR) is 138 cm³/mol. The second-order valence-electron chi connectivity index (χ2n) is 10.0. The summed E-state index contributed by atoms with van der Waals surface area (Å²) in [7, 11) is -8.45. The van der Waals surface area contributed by atoms with Crippen LogP contribution in [0.25, 0.3) is 0 Å². The molecule has 0 aliphatic heterocycles. The number of hydrogen-bond donors (Lipinski definition) is 0. The summed E-state index contributed by atoms with van der Waals surface area (Å²) >= 11 is 0.